The number of carbonyl (C=O) groups is 1. The second-order valence-electron chi connectivity index (χ2n) is 5.59. The number of rotatable bonds is 4. The summed E-state index contributed by atoms with van der Waals surface area (Å²) in [5.74, 6) is -0.153. The van der Waals surface area contributed by atoms with Crippen molar-refractivity contribution in [3.05, 3.63) is 53.3 Å². The molecular formula is C17H21N3O. The van der Waals surface area contributed by atoms with E-state index in [0.717, 1.165) is 22.5 Å². The van der Waals surface area contributed by atoms with Gasteiger partial charge in [-0.2, -0.15) is 0 Å². The number of pyridine rings is 1. The number of carbonyl (C=O) groups excluding carboxylic acids is 1. The highest BCUT2D eigenvalue weighted by atomic mass is 16.1. The molecule has 4 heteroatoms. The van der Waals surface area contributed by atoms with Crippen LogP contribution in [0, 0.1) is 13.8 Å². The van der Waals surface area contributed by atoms with E-state index >= 15 is 0 Å². The van der Waals surface area contributed by atoms with Gasteiger partial charge in [-0.1, -0.05) is 6.07 Å². The van der Waals surface area contributed by atoms with E-state index in [-0.39, 0.29) is 5.91 Å². The van der Waals surface area contributed by atoms with Gasteiger partial charge in [0.1, 0.15) is 0 Å². The average Bonchev–Trinajstić information content (AvgIpc) is 2.36. The molecule has 0 spiro atoms. The van der Waals surface area contributed by atoms with Gasteiger partial charge >= 0.3 is 0 Å². The summed E-state index contributed by atoms with van der Waals surface area (Å²) in [6.07, 6.45) is 3.29. The Bertz CT molecular complexity index is 630. The van der Waals surface area contributed by atoms with Crippen molar-refractivity contribution in [2.45, 2.75) is 33.7 Å². The van der Waals surface area contributed by atoms with E-state index in [4.69, 9.17) is 0 Å². The smallest absolute Gasteiger partial charge is 0.257 e. The molecule has 0 aliphatic heterocycles. The lowest BCUT2D eigenvalue weighted by atomic mass is 10.1. The Balaban J connectivity index is 2.16. The molecule has 0 aliphatic carbocycles. The van der Waals surface area contributed by atoms with Gasteiger partial charge in [0.15, 0.2) is 0 Å². The molecule has 110 valence electrons. The Morgan fingerprint density at radius 1 is 1.00 bits per heavy atom. The quantitative estimate of drug-likeness (QED) is 0.898. The summed E-state index contributed by atoms with van der Waals surface area (Å²) in [5.41, 5.74) is 4.44. The lowest BCUT2D eigenvalue weighted by Crippen LogP contribution is -2.14. The molecule has 0 saturated carbocycles. The molecule has 21 heavy (non-hydrogen) atoms. The van der Waals surface area contributed by atoms with Gasteiger partial charge in [0.05, 0.1) is 11.3 Å². The van der Waals surface area contributed by atoms with Gasteiger partial charge in [-0.3, -0.25) is 9.78 Å². The topological polar surface area (TPSA) is 54.0 Å². The number of aromatic nitrogens is 1. The summed E-state index contributed by atoms with van der Waals surface area (Å²) in [7, 11) is 0. The zero-order chi connectivity index (χ0) is 15.4. The summed E-state index contributed by atoms with van der Waals surface area (Å²) in [6, 6.07) is 8.09. The van der Waals surface area contributed by atoms with Crippen molar-refractivity contribution in [1.29, 1.82) is 0 Å². The molecular weight excluding hydrogens is 262 g/mol. The van der Waals surface area contributed by atoms with Crippen LogP contribution in [0.4, 0.5) is 11.4 Å². The number of benzene rings is 1. The molecule has 0 atom stereocenters. The molecule has 0 aliphatic rings. The Morgan fingerprint density at radius 3 is 2.29 bits per heavy atom. The highest BCUT2D eigenvalue weighted by Gasteiger charge is 2.08. The van der Waals surface area contributed by atoms with Gasteiger partial charge in [0.25, 0.3) is 5.91 Å². The minimum absolute atomic E-state index is 0.153. The Labute approximate surface area is 125 Å². The summed E-state index contributed by atoms with van der Waals surface area (Å²) in [6.45, 7) is 8.11. The average molecular weight is 283 g/mol. The van der Waals surface area contributed by atoms with Crippen LogP contribution in [0.5, 0.6) is 0 Å². The number of amides is 1. The van der Waals surface area contributed by atoms with Gasteiger partial charge in [-0.15, -0.1) is 0 Å². The molecule has 1 aromatic heterocycles. The van der Waals surface area contributed by atoms with E-state index in [0.29, 0.717) is 11.6 Å². The third-order valence-electron chi connectivity index (χ3n) is 2.94. The summed E-state index contributed by atoms with van der Waals surface area (Å²) in [4.78, 5) is 16.4. The summed E-state index contributed by atoms with van der Waals surface area (Å²) >= 11 is 0. The zero-order valence-electron chi connectivity index (χ0n) is 12.9. The minimum Gasteiger partial charge on any atom is -0.382 e. The molecule has 1 aromatic carbocycles. The van der Waals surface area contributed by atoms with Crippen molar-refractivity contribution in [2.75, 3.05) is 10.6 Å². The van der Waals surface area contributed by atoms with E-state index in [1.807, 2.05) is 45.9 Å². The van der Waals surface area contributed by atoms with E-state index in [1.165, 1.54) is 0 Å². The number of hydrogen-bond donors (Lipinski definition) is 2. The van der Waals surface area contributed by atoms with Crippen LogP contribution in [-0.4, -0.2) is 16.9 Å². The zero-order valence-corrected chi connectivity index (χ0v) is 12.9. The highest BCUT2D eigenvalue weighted by molar-refractivity contribution is 6.04. The first-order valence-electron chi connectivity index (χ1n) is 7.05. The third-order valence-corrected chi connectivity index (χ3v) is 2.94. The number of nitrogens with zero attached hydrogens (tertiary/aromatic N) is 1. The number of aryl methyl sites for hydroxylation is 2. The van der Waals surface area contributed by atoms with Crippen molar-refractivity contribution in [3.63, 3.8) is 0 Å². The van der Waals surface area contributed by atoms with Gasteiger partial charge in [0, 0.05) is 24.1 Å². The Hall–Kier alpha value is -2.36. The first kappa shape index (κ1) is 15.0. The molecule has 2 N–H and O–H groups in total. The molecule has 0 saturated heterocycles. The lowest BCUT2D eigenvalue weighted by molar-refractivity contribution is 0.102. The maximum Gasteiger partial charge on any atom is 0.257 e. The SMILES string of the molecule is Cc1cc(C)cc(NC(=O)c2cncc(NC(C)C)c2)c1. The minimum atomic E-state index is -0.153. The normalized spacial score (nSPS) is 10.5. The van der Waals surface area contributed by atoms with Gasteiger partial charge in [-0.05, 0) is 57.0 Å². The second kappa shape index (κ2) is 6.39. The Morgan fingerprint density at radius 2 is 1.67 bits per heavy atom. The van der Waals surface area contributed by atoms with Crippen LogP contribution < -0.4 is 10.6 Å². The van der Waals surface area contributed by atoms with Gasteiger partial charge in [0.2, 0.25) is 0 Å². The van der Waals surface area contributed by atoms with Crippen molar-refractivity contribution in [1.82, 2.24) is 4.98 Å². The monoisotopic (exact) mass is 283 g/mol. The fourth-order valence-corrected chi connectivity index (χ4v) is 2.23. The van der Waals surface area contributed by atoms with E-state index < -0.39 is 0 Å². The first-order chi connectivity index (χ1) is 9.94. The number of nitrogens with one attached hydrogen (secondary N) is 2. The van der Waals surface area contributed by atoms with Crippen molar-refractivity contribution < 1.29 is 4.79 Å². The molecule has 2 rings (SSSR count). The van der Waals surface area contributed by atoms with E-state index in [2.05, 4.69) is 21.7 Å². The second-order valence-corrected chi connectivity index (χ2v) is 5.59. The largest absolute Gasteiger partial charge is 0.382 e. The van der Waals surface area contributed by atoms with Crippen LogP contribution in [0.25, 0.3) is 0 Å². The van der Waals surface area contributed by atoms with Crippen LogP contribution in [0.2, 0.25) is 0 Å². The van der Waals surface area contributed by atoms with Gasteiger partial charge in [-0.25, -0.2) is 0 Å². The molecule has 0 unspecified atom stereocenters. The molecule has 4 nitrogen and oxygen atoms in total. The predicted molar refractivity (Wildman–Crippen MR) is 86.9 cm³/mol. The van der Waals surface area contributed by atoms with Crippen LogP contribution in [0.3, 0.4) is 0 Å². The van der Waals surface area contributed by atoms with Crippen molar-refractivity contribution >= 4 is 17.3 Å². The lowest BCUT2D eigenvalue weighted by Gasteiger charge is -2.11. The predicted octanol–water partition coefficient (Wildman–Crippen LogP) is 3.77. The number of hydrogen-bond acceptors (Lipinski definition) is 3. The summed E-state index contributed by atoms with van der Waals surface area (Å²) in [5, 5.41) is 6.15. The van der Waals surface area contributed by atoms with E-state index in [9.17, 15) is 4.79 Å². The maximum absolute atomic E-state index is 12.3. The summed E-state index contributed by atoms with van der Waals surface area (Å²) < 4.78 is 0. The van der Waals surface area contributed by atoms with Crippen molar-refractivity contribution in [3.8, 4) is 0 Å². The van der Waals surface area contributed by atoms with E-state index in [1.54, 1.807) is 12.4 Å². The fraction of sp³-hybridized carbons (Fsp3) is 0.294. The van der Waals surface area contributed by atoms with Gasteiger partial charge < -0.3 is 10.6 Å². The highest BCUT2D eigenvalue weighted by Crippen LogP contribution is 2.16. The molecule has 1 heterocycles. The van der Waals surface area contributed by atoms with Crippen LogP contribution in [-0.2, 0) is 0 Å². The first-order valence-corrected chi connectivity index (χ1v) is 7.05. The number of anilines is 2. The van der Waals surface area contributed by atoms with Crippen LogP contribution >= 0.6 is 0 Å². The Kier molecular flexibility index (Phi) is 4.58. The molecule has 1 amide bonds. The standard InChI is InChI=1S/C17H21N3O/c1-11(2)19-16-8-14(9-18-10-16)17(21)20-15-6-12(3)5-13(4)7-15/h5-11,19H,1-4H3,(H,20,21). The molecule has 0 bridgehead atoms. The van der Waals surface area contributed by atoms with Crippen LogP contribution in [0.1, 0.15) is 35.3 Å². The van der Waals surface area contributed by atoms with Crippen LogP contribution in [0.15, 0.2) is 36.7 Å². The molecule has 2 aromatic rings. The molecule has 0 radical (unpaired) electrons. The fourth-order valence-electron chi connectivity index (χ4n) is 2.23. The molecule has 0 fully saturated rings. The maximum atomic E-state index is 12.3. The van der Waals surface area contributed by atoms with Crippen molar-refractivity contribution in [2.24, 2.45) is 0 Å². The third kappa shape index (κ3) is 4.31.